The number of nitrogens with two attached hydrogens (primary N) is 1. The van der Waals surface area contributed by atoms with Crippen LogP contribution in [-0.2, 0) is 6.42 Å². The molecule has 0 bridgehead atoms. The fraction of sp³-hybridized carbons (Fsp3) is 0.111. The molecule has 0 atom stereocenters. The van der Waals surface area contributed by atoms with E-state index in [0.717, 1.165) is 28.6 Å². The summed E-state index contributed by atoms with van der Waals surface area (Å²) in [6.45, 7) is 0.673. The molecule has 2 N–H and O–H groups in total. The molecule has 0 spiro atoms. The Balaban J connectivity index is 1.73. The highest BCUT2D eigenvalue weighted by atomic mass is 35.5. The van der Waals surface area contributed by atoms with Gasteiger partial charge in [0.25, 0.3) is 0 Å². The van der Waals surface area contributed by atoms with Crippen LogP contribution in [0.5, 0.6) is 0 Å². The van der Waals surface area contributed by atoms with Gasteiger partial charge in [0.1, 0.15) is 5.15 Å². The Morgan fingerprint density at radius 2 is 2.00 bits per heavy atom. The lowest BCUT2D eigenvalue weighted by Gasteiger charge is -2.03. The summed E-state index contributed by atoms with van der Waals surface area (Å²) in [5.41, 5.74) is 10.1. The predicted molar refractivity (Wildman–Crippen MR) is 98.0 cm³/mol. The van der Waals surface area contributed by atoms with Crippen LogP contribution in [-0.4, -0.2) is 27.7 Å². The number of hydrogen-bond donors (Lipinski definition) is 1. The topological polar surface area (TPSA) is 77.0 Å². The highest BCUT2D eigenvalue weighted by Crippen LogP contribution is 2.18. The monoisotopic (exact) mass is 337 g/mol. The lowest BCUT2D eigenvalue weighted by Crippen LogP contribution is -1.96. The lowest BCUT2D eigenvalue weighted by molar-refractivity contribution is 0.969. The summed E-state index contributed by atoms with van der Waals surface area (Å²) >= 11 is 5.94. The average Bonchev–Trinajstić information content (AvgIpc) is 2.62. The lowest BCUT2D eigenvalue weighted by atomic mass is 10.1. The van der Waals surface area contributed by atoms with Crippen LogP contribution < -0.4 is 5.73 Å². The Morgan fingerprint density at radius 1 is 1.17 bits per heavy atom. The van der Waals surface area contributed by atoms with Gasteiger partial charge in [-0.3, -0.25) is 15.0 Å². The molecule has 0 aromatic carbocycles. The second kappa shape index (κ2) is 7.66. The van der Waals surface area contributed by atoms with E-state index in [-0.39, 0.29) is 0 Å². The van der Waals surface area contributed by atoms with Crippen molar-refractivity contribution in [1.29, 1.82) is 0 Å². The van der Waals surface area contributed by atoms with Gasteiger partial charge in [0.05, 0.1) is 11.0 Å². The number of halogens is 1. The minimum atomic E-state index is 0.436. The van der Waals surface area contributed by atoms with Crippen LogP contribution in [0.2, 0.25) is 5.15 Å². The van der Waals surface area contributed by atoms with Crippen molar-refractivity contribution in [3.63, 3.8) is 0 Å². The Labute approximate surface area is 145 Å². The van der Waals surface area contributed by atoms with Crippen LogP contribution in [0.25, 0.3) is 16.6 Å². The van der Waals surface area contributed by atoms with E-state index in [4.69, 9.17) is 17.3 Å². The second-order valence-corrected chi connectivity index (χ2v) is 5.55. The fourth-order valence-corrected chi connectivity index (χ4v) is 2.41. The molecule has 3 aromatic rings. The maximum absolute atomic E-state index is 5.94. The second-order valence-electron chi connectivity index (χ2n) is 5.16. The summed E-state index contributed by atoms with van der Waals surface area (Å²) in [7, 11) is 0. The van der Waals surface area contributed by atoms with E-state index in [9.17, 15) is 0 Å². The third kappa shape index (κ3) is 3.94. The van der Waals surface area contributed by atoms with Gasteiger partial charge in [-0.15, -0.1) is 0 Å². The van der Waals surface area contributed by atoms with Crippen molar-refractivity contribution in [3.8, 4) is 0 Å². The van der Waals surface area contributed by atoms with Gasteiger partial charge in [0.2, 0.25) is 0 Å². The molecule has 0 unspecified atom stereocenters. The minimum absolute atomic E-state index is 0.436. The van der Waals surface area contributed by atoms with Crippen molar-refractivity contribution in [2.75, 3.05) is 6.54 Å². The summed E-state index contributed by atoms with van der Waals surface area (Å²) in [5.74, 6) is 0. The van der Waals surface area contributed by atoms with Gasteiger partial charge in [0.15, 0.2) is 0 Å². The largest absolute Gasteiger partial charge is 0.404 e. The minimum Gasteiger partial charge on any atom is -0.404 e. The smallest absolute Gasteiger partial charge is 0.129 e. The quantitative estimate of drug-likeness (QED) is 0.572. The van der Waals surface area contributed by atoms with Gasteiger partial charge in [-0.05, 0) is 42.3 Å². The van der Waals surface area contributed by atoms with Crippen LogP contribution >= 0.6 is 11.6 Å². The Hall–Kier alpha value is -2.79. The van der Waals surface area contributed by atoms with E-state index in [0.29, 0.717) is 11.7 Å². The fourth-order valence-electron chi connectivity index (χ4n) is 2.26. The third-order valence-corrected chi connectivity index (χ3v) is 3.74. The Morgan fingerprint density at radius 3 is 2.79 bits per heavy atom. The molecule has 3 rings (SSSR count). The summed E-state index contributed by atoms with van der Waals surface area (Å²) in [6.07, 6.45) is 9.44. The van der Waals surface area contributed by atoms with E-state index in [1.807, 2.05) is 24.3 Å². The number of pyridine rings is 3. The zero-order valence-electron chi connectivity index (χ0n) is 12.9. The molecular formula is C18H16ClN5. The molecule has 120 valence electrons. The first-order valence-corrected chi connectivity index (χ1v) is 7.87. The number of allylic oxidation sites excluding steroid dienone is 1. The molecule has 24 heavy (non-hydrogen) atoms. The molecule has 0 amide bonds. The highest BCUT2D eigenvalue weighted by Gasteiger charge is 2.03. The summed E-state index contributed by atoms with van der Waals surface area (Å²) in [6, 6.07) is 9.43. The number of nitrogens with zero attached hydrogens (tertiary/aromatic N) is 4. The van der Waals surface area contributed by atoms with Gasteiger partial charge < -0.3 is 5.73 Å². The molecule has 0 saturated carbocycles. The van der Waals surface area contributed by atoms with Crippen molar-refractivity contribution in [1.82, 2.24) is 15.0 Å². The first-order chi connectivity index (χ1) is 11.8. The number of rotatable bonds is 5. The van der Waals surface area contributed by atoms with Crippen molar-refractivity contribution in [2.45, 2.75) is 6.42 Å². The molecule has 6 heteroatoms. The summed E-state index contributed by atoms with van der Waals surface area (Å²) in [5, 5.41) is 0.436. The molecule has 0 fully saturated rings. The zero-order chi connectivity index (χ0) is 16.8. The summed E-state index contributed by atoms with van der Waals surface area (Å²) in [4.78, 5) is 17.1. The first kappa shape index (κ1) is 16.1. The Kier molecular flexibility index (Phi) is 5.13. The van der Waals surface area contributed by atoms with E-state index >= 15 is 0 Å². The first-order valence-electron chi connectivity index (χ1n) is 7.49. The number of aliphatic imine (C=N–C) groups is 1. The molecular weight excluding hydrogens is 322 g/mol. The van der Waals surface area contributed by atoms with Crippen LogP contribution in [0.15, 0.2) is 60.1 Å². The van der Waals surface area contributed by atoms with E-state index in [2.05, 4.69) is 19.9 Å². The maximum atomic E-state index is 5.94. The number of fused-ring (bicyclic) bond motifs is 1. The molecule has 0 saturated heterocycles. The molecule has 3 heterocycles. The van der Waals surface area contributed by atoms with E-state index < -0.39 is 0 Å². The van der Waals surface area contributed by atoms with Crippen molar-refractivity contribution in [2.24, 2.45) is 10.7 Å². The van der Waals surface area contributed by atoms with Crippen LogP contribution in [0.4, 0.5) is 0 Å². The normalized spacial score (nSPS) is 12.1. The van der Waals surface area contributed by atoms with Crippen LogP contribution in [0.3, 0.4) is 0 Å². The van der Waals surface area contributed by atoms with Crippen molar-refractivity contribution < 1.29 is 0 Å². The third-order valence-electron chi connectivity index (χ3n) is 3.53. The molecule has 0 aliphatic rings. The van der Waals surface area contributed by atoms with Gasteiger partial charge >= 0.3 is 0 Å². The molecule has 5 nitrogen and oxygen atoms in total. The molecule has 0 aliphatic carbocycles. The molecule has 3 aromatic heterocycles. The molecule has 0 aliphatic heterocycles. The van der Waals surface area contributed by atoms with Gasteiger partial charge in [-0.1, -0.05) is 11.6 Å². The standard InChI is InChI=1S/C18H16ClN5/c19-18-2-1-16-17(24-18)9-14(12-23-16)15(10-20)11-22-8-5-13-3-6-21-7-4-13/h1-4,6-7,9-12H,5,8,20H2. The predicted octanol–water partition coefficient (Wildman–Crippen LogP) is 3.29. The van der Waals surface area contributed by atoms with E-state index in [1.165, 1.54) is 11.8 Å². The van der Waals surface area contributed by atoms with Gasteiger partial charge in [0, 0.05) is 48.7 Å². The average molecular weight is 338 g/mol. The van der Waals surface area contributed by atoms with Gasteiger partial charge in [-0.2, -0.15) is 0 Å². The summed E-state index contributed by atoms with van der Waals surface area (Å²) < 4.78 is 0. The number of aromatic nitrogens is 3. The highest BCUT2D eigenvalue weighted by molar-refractivity contribution is 6.29. The van der Waals surface area contributed by atoms with Crippen molar-refractivity contribution in [3.05, 3.63) is 71.4 Å². The van der Waals surface area contributed by atoms with Crippen molar-refractivity contribution >= 4 is 34.4 Å². The van der Waals surface area contributed by atoms with Crippen LogP contribution in [0.1, 0.15) is 11.1 Å². The Bertz CT molecular complexity index is 890. The maximum Gasteiger partial charge on any atom is 0.129 e. The van der Waals surface area contributed by atoms with Gasteiger partial charge in [-0.25, -0.2) is 4.98 Å². The SMILES string of the molecule is NC=C(C=NCCc1ccncc1)c1cnc2ccc(Cl)nc2c1. The van der Waals surface area contributed by atoms with Crippen LogP contribution in [0, 0.1) is 0 Å². The number of hydrogen-bond acceptors (Lipinski definition) is 5. The molecule has 0 radical (unpaired) electrons. The van der Waals surface area contributed by atoms with E-state index in [1.54, 1.807) is 30.9 Å². The zero-order valence-corrected chi connectivity index (χ0v) is 13.7.